The second-order valence-electron chi connectivity index (χ2n) is 7.51. The molecule has 0 saturated carbocycles. The van der Waals surface area contributed by atoms with Crippen LogP contribution in [0.15, 0.2) is 42.5 Å². The van der Waals surface area contributed by atoms with E-state index in [-0.39, 0.29) is 11.7 Å². The Hall–Kier alpha value is -3.48. The number of rotatable bonds is 2. The molecule has 3 amide bonds. The van der Waals surface area contributed by atoms with Crippen LogP contribution in [-0.4, -0.2) is 39.6 Å². The molecule has 1 saturated heterocycles. The number of hydrogen-bond acceptors (Lipinski definition) is 4. The lowest BCUT2D eigenvalue weighted by Crippen LogP contribution is -2.53. The van der Waals surface area contributed by atoms with E-state index >= 15 is 0 Å². The molecule has 142 valence electrons. The van der Waals surface area contributed by atoms with Gasteiger partial charge in [0.05, 0.1) is 7.11 Å². The number of phenols is 1. The van der Waals surface area contributed by atoms with Gasteiger partial charge in [-0.2, -0.15) is 0 Å². The zero-order valence-electron chi connectivity index (χ0n) is 15.4. The van der Waals surface area contributed by atoms with Gasteiger partial charge in [-0.25, -0.2) is 4.79 Å². The third kappa shape index (κ3) is 2.10. The predicted octanol–water partition coefficient (Wildman–Crippen LogP) is 2.84. The van der Waals surface area contributed by atoms with Crippen molar-refractivity contribution in [2.24, 2.45) is 0 Å². The van der Waals surface area contributed by atoms with Crippen molar-refractivity contribution in [2.45, 2.75) is 24.9 Å². The number of carbonyl (C=O) groups excluding carboxylic acids is 2. The van der Waals surface area contributed by atoms with Crippen LogP contribution < -0.4 is 10.1 Å². The molecule has 0 bridgehead atoms. The molecular weight excluding hydrogens is 358 g/mol. The summed E-state index contributed by atoms with van der Waals surface area (Å²) in [5.74, 6) is 0.517. The Morgan fingerprint density at radius 1 is 1.21 bits per heavy atom. The quantitative estimate of drug-likeness (QED) is 0.599. The van der Waals surface area contributed by atoms with Gasteiger partial charge < -0.3 is 14.8 Å². The molecule has 28 heavy (non-hydrogen) atoms. The highest BCUT2D eigenvalue weighted by Gasteiger charge is 2.56. The van der Waals surface area contributed by atoms with Gasteiger partial charge in [0.15, 0.2) is 0 Å². The molecule has 0 spiro atoms. The van der Waals surface area contributed by atoms with Crippen molar-refractivity contribution in [1.29, 1.82) is 0 Å². The van der Waals surface area contributed by atoms with E-state index in [1.54, 1.807) is 37.1 Å². The highest BCUT2D eigenvalue weighted by molar-refractivity contribution is 6.08. The predicted molar refractivity (Wildman–Crippen MR) is 102 cm³/mol. The summed E-state index contributed by atoms with van der Waals surface area (Å²) in [7, 11) is 1.61. The smallest absolute Gasteiger partial charge is 0.325 e. The lowest BCUT2D eigenvalue weighted by Gasteiger charge is -2.42. The van der Waals surface area contributed by atoms with E-state index in [4.69, 9.17) is 4.74 Å². The first-order chi connectivity index (χ1) is 13.4. The minimum absolute atomic E-state index is 0.107. The molecule has 2 aromatic carbocycles. The van der Waals surface area contributed by atoms with Gasteiger partial charge in [0.2, 0.25) is 0 Å². The number of methoxy groups -OCH3 is 1. The Kier molecular flexibility index (Phi) is 3.28. The van der Waals surface area contributed by atoms with Crippen molar-refractivity contribution in [2.75, 3.05) is 7.11 Å². The van der Waals surface area contributed by atoms with Crippen molar-refractivity contribution in [3.8, 4) is 11.5 Å². The van der Waals surface area contributed by atoms with Crippen molar-refractivity contribution in [3.05, 3.63) is 59.3 Å². The third-order valence-electron chi connectivity index (χ3n) is 5.85. The molecule has 0 radical (unpaired) electrons. The molecule has 7 nitrogen and oxygen atoms in total. The summed E-state index contributed by atoms with van der Waals surface area (Å²) >= 11 is 0. The SMILES string of the molecule is COc1ccc2[nH]c3c(c2c1)CC1(C)C(=O)NC(=O)N1C3c1cccc(O)c1. The van der Waals surface area contributed by atoms with Crippen LogP contribution in [0.3, 0.4) is 0 Å². The fourth-order valence-electron chi connectivity index (χ4n) is 4.48. The number of carbonyl (C=O) groups is 2. The van der Waals surface area contributed by atoms with Crippen molar-refractivity contribution >= 4 is 22.8 Å². The average molecular weight is 377 g/mol. The molecule has 2 atom stereocenters. The van der Waals surface area contributed by atoms with Gasteiger partial charge in [-0.3, -0.25) is 15.0 Å². The Morgan fingerprint density at radius 3 is 2.79 bits per heavy atom. The number of H-pyrrole nitrogens is 1. The van der Waals surface area contributed by atoms with Gasteiger partial charge >= 0.3 is 6.03 Å². The lowest BCUT2D eigenvalue weighted by molar-refractivity contribution is -0.126. The number of ether oxygens (including phenoxy) is 1. The molecule has 1 aromatic heterocycles. The van der Waals surface area contributed by atoms with Crippen LogP contribution >= 0.6 is 0 Å². The second kappa shape index (κ2) is 5.51. The number of aromatic amines is 1. The molecule has 7 heteroatoms. The number of nitrogens with zero attached hydrogens (tertiary/aromatic N) is 1. The van der Waals surface area contributed by atoms with E-state index < -0.39 is 17.6 Å². The maximum atomic E-state index is 12.7. The molecule has 1 fully saturated rings. The summed E-state index contributed by atoms with van der Waals surface area (Å²) in [4.78, 5) is 30.4. The van der Waals surface area contributed by atoms with Crippen LogP contribution in [0.5, 0.6) is 11.5 Å². The van der Waals surface area contributed by atoms with Crippen molar-refractivity contribution < 1.29 is 19.4 Å². The van der Waals surface area contributed by atoms with Gasteiger partial charge in [-0.15, -0.1) is 0 Å². The molecule has 3 aromatic rings. The molecule has 2 aliphatic heterocycles. The second-order valence-corrected chi connectivity index (χ2v) is 7.51. The van der Waals surface area contributed by atoms with Crippen LogP contribution in [-0.2, 0) is 11.2 Å². The number of benzene rings is 2. The number of aromatic nitrogens is 1. The van der Waals surface area contributed by atoms with Crippen molar-refractivity contribution in [3.63, 3.8) is 0 Å². The maximum absolute atomic E-state index is 12.7. The van der Waals surface area contributed by atoms with Crippen molar-refractivity contribution in [1.82, 2.24) is 15.2 Å². The zero-order chi connectivity index (χ0) is 19.6. The molecule has 3 N–H and O–H groups in total. The van der Waals surface area contributed by atoms with Crippen LogP contribution in [0.4, 0.5) is 4.79 Å². The van der Waals surface area contributed by atoms with E-state index in [2.05, 4.69) is 10.3 Å². The number of fused-ring (bicyclic) bond motifs is 4. The Labute approximate surface area is 160 Å². The number of phenolic OH excluding ortho intramolecular Hbond substituents is 1. The molecule has 3 heterocycles. The molecular formula is C21H19N3O4. The number of hydrogen-bond donors (Lipinski definition) is 3. The summed E-state index contributed by atoms with van der Waals surface area (Å²) in [6.07, 6.45) is 0.391. The first kappa shape index (κ1) is 16.7. The monoisotopic (exact) mass is 377 g/mol. The molecule has 2 unspecified atom stereocenters. The maximum Gasteiger partial charge on any atom is 0.325 e. The molecule has 0 aliphatic carbocycles. The topological polar surface area (TPSA) is 94.7 Å². The van der Waals surface area contributed by atoms with Gasteiger partial charge in [0, 0.05) is 23.0 Å². The van der Waals surface area contributed by atoms with E-state index in [0.717, 1.165) is 33.5 Å². The first-order valence-corrected chi connectivity index (χ1v) is 9.04. The Balaban J connectivity index is 1.81. The van der Waals surface area contributed by atoms with E-state index in [0.29, 0.717) is 6.42 Å². The standard InChI is InChI=1S/C21H19N3O4/c1-21-10-15-14-9-13(28-2)6-7-16(14)22-17(15)18(11-4-3-5-12(25)8-11)24(21)20(27)23-19(21)26/h3-9,18,22,25H,10H2,1-2H3,(H,23,26,27). The van der Waals surface area contributed by atoms with Gasteiger partial charge in [0.25, 0.3) is 5.91 Å². The molecule has 2 aliphatic rings. The summed E-state index contributed by atoms with van der Waals surface area (Å²) in [5.41, 5.74) is 2.45. The first-order valence-electron chi connectivity index (χ1n) is 9.04. The number of nitrogens with one attached hydrogen (secondary N) is 2. The largest absolute Gasteiger partial charge is 0.508 e. The van der Waals surface area contributed by atoms with E-state index in [9.17, 15) is 14.7 Å². The number of imide groups is 1. The Morgan fingerprint density at radius 2 is 2.04 bits per heavy atom. The van der Waals surface area contributed by atoms with Gasteiger partial charge in [0.1, 0.15) is 23.1 Å². The van der Waals surface area contributed by atoms with Crippen LogP contribution in [0.2, 0.25) is 0 Å². The van der Waals surface area contributed by atoms with Crippen LogP contribution in [0, 0.1) is 0 Å². The minimum Gasteiger partial charge on any atom is -0.508 e. The van der Waals surface area contributed by atoms with E-state index in [1.807, 2.05) is 24.3 Å². The summed E-state index contributed by atoms with van der Waals surface area (Å²) in [6, 6.07) is 11.6. The number of amides is 3. The highest BCUT2D eigenvalue weighted by atomic mass is 16.5. The minimum atomic E-state index is -1.02. The zero-order valence-corrected chi connectivity index (χ0v) is 15.4. The fourth-order valence-corrected chi connectivity index (χ4v) is 4.48. The third-order valence-corrected chi connectivity index (χ3v) is 5.85. The number of aromatic hydroxyl groups is 1. The normalized spacial score (nSPS) is 23.5. The summed E-state index contributed by atoms with van der Waals surface area (Å²) < 4.78 is 5.37. The Bertz CT molecular complexity index is 1150. The fraction of sp³-hybridized carbons (Fsp3) is 0.238. The molecule has 5 rings (SSSR count). The summed E-state index contributed by atoms with van der Waals surface area (Å²) in [5, 5.41) is 13.4. The lowest BCUT2D eigenvalue weighted by atomic mass is 9.81. The summed E-state index contributed by atoms with van der Waals surface area (Å²) in [6.45, 7) is 1.78. The van der Waals surface area contributed by atoms with Gasteiger partial charge in [-0.05, 0) is 48.4 Å². The number of urea groups is 1. The van der Waals surface area contributed by atoms with Crippen LogP contribution in [0.25, 0.3) is 10.9 Å². The van der Waals surface area contributed by atoms with Gasteiger partial charge in [-0.1, -0.05) is 12.1 Å². The van der Waals surface area contributed by atoms with E-state index in [1.165, 1.54) is 0 Å². The van der Waals surface area contributed by atoms with Crippen LogP contribution in [0.1, 0.15) is 29.8 Å². The average Bonchev–Trinajstić information content (AvgIpc) is 3.13. The highest BCUT2D eigenvalue weighted by Crippen LogP contribution is 2.47.